The van der Waals surface area contributed by atoms with E-state index >= 15 is 0 Å². The number of fused-ring (bicyclic) bond motifs is 1. The minimum absolute atomic E-state index is 0.000781. The number of nitrogens with zero attached hydrogens (tertiary/aromatic N) is 1. The van der Waals surface area contributed by atoms with E-state index in [9.17, 15) is 4.79 Å². The molecule has 1 atom stereocenters. The Kier molecular flexibility index (Phi) is 4.05. The van der Waals surface area contributed by atoms with E-state index in [4.69, 9.17) is 9.15 Å². The largest absolute Gasteiger partial charge is 0.459 e. The Morgan fingerprint density at radius 2 is 1.88 bits per heavy atom. The Morgan fingerprint density at radius 1 is 1.08 bits per heavy atom. The van der Waals surface area contributed by atoms with Crippen molar-refractivity contribution in [3.05, 3.63) is 66.4 Å². The summed E-state index contributed by atoms with van der Waals surface area (Å²) in [6.07, 6.45) is 1.36. The number of benzene rings is 2. The predicted octanol–water partition coefficient (Wildman–Crippen LogP) is 4.15. The SMILES string of the molecule is O=C([C@@H]1CCCO1)N(Cc1cc2ccccc2o1)c1ccccc1. The fourth-order valence-electron chi connectivity index (χ4n) is 3.12. The van der Waals surface area contributed by atoms with Crippen LogP contribution in [0.4, 0.5) is 5.69 Å². The first-order valence-corrected chi connectivity index (χ1v) is 8.27. The number of anilines is 1. The van der Waals surface area contributed by atoms with Crippen molar-refractivity contribution in [2.75, 3.05) is 11.5 Å². The molecular formula is C20H19NO3. The van der Waals surface area contributed by atoms with Gasteiger partial charge in [-0.2, -0.15) is 0 Å². The average molecular weight is 321 g/mol. The summed E-state index contributed by atoms with van der Waals surface area (Å²) in [6.45, 7) is 1.06. The summed E-state index contributed by atoms with van der Waals surface area (Å²) in [5.74, 6) is 0.769. The number of carbonyl (C=O) groups excluding carboxylic acids is 1. The van der Waals surface area contributed by atoms with Crippen LogP contribution in [0.5, 0.6) is 0 Å². The smallest absolute Gasteiger partial charge is 0.256 e. The molecule has 122 valence electrons. The zero-order valence-corrected chi connectivity index (χ0v) is 13.4. The highest BCUT2D eigenvalue weighted by Crippen LogP contribution is 2.25. The van der Waals surface area contributed by atoms with Gasteiger partial charge >= 0.3 is 0 Å². The molecule has 2 aromatic carbocycles. The first kappa shape index (κ1) is 15.0. The van der Waals surface area contributed by atoms with E-state index < -0.39 is 0 Å². The summed E-state index contributed by atoms with van der Waals surface area (Å²) in [5, 5.41) is 1.05. The van der Waals surface area contributed by atoms with Gasteiger partial charge in [-0.05, 0) is 37.1 Å². The van der Waals surface area contributed by atoms with E-state index in [2.05, 4.69) is 0 Å². The third-order valence-electron chi connectivity index (χ3n) is 4.33. The second-order valence-electron chi connectivity index (χ2n) is 6.01. The fourth-order valence-corrected chi connectivity index (χ4v) is 3.12. The molecule has 0 N–H and O–H groups in total. The first-order chi connectivity index (χ1) is 11.8. The van der Waals surface area contributed by atoms with Crippen LogP contribution in [0, 0.1) is 0 Å². The van der Waals surface area contributed by atoms with Crippen LogP contribution in [0.3, 0.4) is 0 Å². The number of carbonyl (C=O) groups is 1. The fraction of sp³-hybridized carbons (Fsp3) is 0.250. The number of hydrogen-bond donors (Lipinski definition) is 0. The van der Waals surface area contributed by atoms with Crippen LogP contribution < -0.4 is 4.90 Å². The maximum atomic E-state index is 12.9. The molecule has 2 heterocycles. The molecule has 4 rings (SSSR count). The van der Waals surface area contributed by atoms with Gasteiger partial charge in [-0.25, -0.2) is 0 Å². The van der Waals surface area contributed by atoms with E-state index in [1.54, 1.807) is 4.90 Å². The highest BCUT2D eigenvalue weighted by molar-refractivity contribution is 5.96. The van der Waals surface area contributed by atoms with Gasteiger partial charge in [-0.3, -0.25) is 4.79 Å². The molecule has 24 heavy (non-hydrogen) atoms. The number of hydrogen-bond acceptors (Lipinski definition) is 3. The van der Waals surface area contributed by atoms with E-state index in [-0.39, 0.29) is 12.0 Å². The molecule has 0 saturated carbocycles. The maximum absolute atomic E-state index is 12.9. The number of rotatable bonds is 4. The third kappa shape index (κ3) is 2.93. The zero-order chi connectivity index (χ0) is 16.4. The molecule has 1 saturated heterocycles. The minimum atomic E-state index is -0.352. The molecule has 0 spiro atoms. The molecule has 1 aromatic heterocycles. The van der Waals surface area contributed by atoms with Crippen LogP contribution in [0.15, 0.2) is 65.1 Å². The second-order valence-corrected chi connectivity index (χ2v) is 6.01. The van der Waals surface area contributed by atoms with Gasteiger partial charge in [-0.1, -0.05) is 36.4 Å². The highest BCUT2D eigenvalue weighted by Gasteiger charge is 2.29. The van der Waals surface area contributed by atoms with Gasteiger partial charge in [0.05, 0.1) is 6.54 Å². The van der Waals surface area contributed by atoms with Gasteiger partial charge in [0.15, 0.2) is 0 Å². The number of ether oxygens (including phenoxy) is 1. The van der Waals surface area contributed by atoms with Gasteiger partial charge in [0, 0.05) is 17.7 Å². The molecule has 1 fully saturated rings. The van der Waals surface area contributed by atoms with Crippen molar-refractivity contribution in [2.45, 2.75) is 25.5 Å². The normalized spacial score (nSPS) is 17.2. The standard InChI is InChI=1S/C20H19NO3/c22-20(19-11-6-12-23-19)21(16-8-2-1-3-9-16)14-17-13-15-7-4-5-10-18(15)24-17/h1-5,7-10,13,19H,6,11-12,14H2/t19-/m0/s1. The van der Waals surface area contributed by atoms with Crippen molar-refractivity contribution < 1.29 is 13.9 Å². The summed E-state index contributed by atoms with van der Waals surface area (Å²) in [5.41, 5.74) is 1.70. The second kappa shape index (κ2) is 6.49. The Hall–Kier alpha value is -2.59. The third-order valence-corrected chi connectivity index (χ3v) is 4.33. The van der Waals surface area contributed by atoms with Crippen LogP contribution in [0.1, 0.15) is 18.6 Å². The molecule has 4 nitrogen and oxygen atoms in total. The first-order valence-electron chi connectivity index (χ1n) is 8.27. The molecule has 3 aromatic rings. The van der Waals surface area contributed by atoms with Crippen molar-refractivity contribution in [1.82, 2.24) is 0 Å². The van der Waals surface area contributed by atoms with Gasteiger partial charge < -0.3 is 14.1 Å². The summed E-state index contributed by atoms with van der Waals surface area (Å²) in [6, 6.07) is 19.6. The summed E-state index contributed by atoms with van der Waals surface area (Å²) in [4.78, 5) is 14.7. The van der Waals surface area contributed by atoms with Crippen LogP contribution >= 0.6 is 0 Å². The van der Waals surface area contributed by atoms with E-state index in [0.29, 0.717) is 13.2 Å². The predicted molar refractivity (Wildman–Crippen MR) is 92.8 cm³/mol. The van der Waals surface area contributed by atoms with Gasteiger partial charge in [0.2, 0.25) is 0 Å². The zero-order valence-electron chi connectivity index (χ0n) is 13.4. The van der Waals surface area contributed by atoms with E-state index in [1.165, 1.54) is 0 Å². The summed E-state index contributed by atoms with van der Waals surface area (Å²) < 4.78 is 11.5. The van der Waals surface area contributed by atoms with Crippen molar-refractivity contribution >= 4 is 22.6 Å². The molecule has 0 aliphatic carbocycles. The lowest BCUT2D eigenvalue weighted by Gasteiger charge is -2.24. The molecule has 0 bridgehead atoms. The van der Waals surface area contributed by atoms with Crippen LogP contribution in [-0.2, 0) is 16.1 Å². The Bertz CT molecular complexity index is 801. The highest BCUT2D eigenvalue weighted by atomic mass is 16.5. The molecule has 1 amide bonds. The summed E-state index contributed by atoms with van der Waals surface area (Å²) >= 11 is 0. The Balaban J connectivity index is 1.65. The number of amides is 1. The number of para-hydroxylation sites is 2. The van der Waals surface area contributed by atoms with Crippen LogP contribution in [-0.4, -0.2) is 18.6 Å². The lowest BCUT2D eigenvalue weighted by Crippen LogP contribution is -2.38. The summed E-state index contributed by atoms with van der Waals surface area (Å²) in [7, 11) is 0. The number of furan rings is 1. The van der Waals surface area contributed by atoms with E-state index in [0.717, 1.165) is 35.3 Å². The van der Waals surface area contributed by atoms with E-state index in [1.807, 2.05) is 60.7 Å². The molecule has 0 unspecified atom stereocenters. The van der Waals surface area contributed by atoms with Crippen molar-refractivity contribution in [1.29, 1.82) is 0 Å². The topological polar surface area (TPSA) is 42.7 Å². The average Bonchev–Trinajstić information content (AvgIpc) is 3.29. The van der Waals surface area contributed by atoms with Crippen molar-refractivity contribution in [3.63, 3.8) is 0 Å². The van der Waals surface area contributed by atoms with Gasteiger partial charge in [-0.15, -0.1) is 0 Å². The van der Waals surface area contributed by atoms with Crippen molar-refractivity contribution in [2.24, 2.45) is 0 Å². The van der Waals surface area contributed by atoms with Gasteiger partial charge in [0.25, 0.3) is 5.91 Å². The quantitative estimate of drug-likeness (QED) is 0.725. The molecular weight excluding hydrogens is 302 g/mol. The van der Waals surface area contributed by atoms with Crippen LogP contribution in [0.2, 0.25) is 0 Å². The minimum Gasteiger partial charge on any atom is -0.459 e. The Labute approximate surface area is 140 Å². The Morgan fingerprint density at radius 3 is 2.62 bits per heavy atom. The van der Waals surface area contributed by atoms with Crippen molar-refractivity contribution in [3.8, 4) is 0 Å². The lowest BCUT2D eigenvalue weighted by atomic mass is 10.2. The van der Waals surface area contributed by atoms with Gasteiger partial charge in [0.1, 0.15) is 17.4 Å². The molecule has 1 aliphatic heterocycles. The molecule has 1 aliphatic rings. The van der Waals surface area contributed by atoms with Crippen LogP contribution in [0.25, 0.3) is 11.0 Å². The monoisotopic (exact) mass is 321 g/mol. The molecule has 4 heteroatoms. The maximum Gasteiger partial charge on any atom is 0.256 e. The molecule has 0 radical (unpaired) electrons. The lowest BCUT2D eigenvalue weighted by molar-refractivity contribution is -0.127.